The van der Waals surface area contributed by atoms with Crippen molar-refractivity contribution in [1.29, 1.82) is 0 Å². The molecule has 0 saturated heterocycles. The number of halogens is 1. The lowest BCUT2D eigenvalue weighted by Crippen LogP contribution is -2.34. The van der Waals surface area contributed by atoms with Crippen molar-refractivity contribution in [2.24, 2.45) is 10.2 Å². The van der Waals surface area contributed by atoms with Crippen LogP contribution in [0.5, 0.6) is 0 Å². The maximum atomic E-state index is 14.0. The van der Waals surface area contributed by atoms with E-state index in [1.54, 1.807) is 12.1 Å². The van der Waals surface area contributed by atoms with Gasteiger partial charge >= 0.3 is 6.03 Å². The number of azo groups is 1. The predicted molar refractivity (Wildman–Crippen MR) is 96.5 cm³/mol. The summed E-state index contributed by atoms with van der Waals surface area (Å²) in [5, 5.41) is 13.2. The summed E-state index contributed by atoms with van der Waals surface area (Å²) in [7, 11) is 0. The van der Waals surface area contributed by atoms with Crippen LogP contribution in [0.2, 0.25) is 0 Å². The lowest BCUT2D eigenvalue weighted by molar-refractivity contribution is -0.115. The minimum absolute atomic E-state index is 0.0434. The predicted octanol–water partition coefficient (Wildman–Crippen LogP) is 4.13. The van der Waals surface area contributed by atoms with Crippen LogP contribution in [0.25, 0.3) is 0 Å². The maximum absolute atomic E-state index is 14.0. The van der Waals surface area contributed by atoms with Crippen molar-refractivity contribution in [2.75, 3.05) is 5.32 Å². The minimum Gasteiger partial charge on any atom is -0.336 e. The maximum Gasteiger partial charge on any atom is 0.319 e. The van der Waals surface area contributed by atoms with E-state index in [2.05, 4.69) is 20.9 Å². The van der Waals surface area contributed by atoms with E-state index < -0.39 is 11.8 Å². The van der Waals surface area contributed by atoms with E-state index in [9.17, 15) is 14.0 Å². The number of nitrogens with zero attached hydrogens (tertiary/aromatic N) is 2. The molecule has 1 aromatic carbocycles. The molecule has 2 N–H and O–H groups in total. The zero-order valence-corrected chi connectivity index (χ0v) is 15.0. The first-order valence-corrected chi connectivity index (χ1v) is 8.97. The van der Waals surface area contributed by atoms with Gasteiger partial charge < -0.3 is 10.6 Å². The molecule has 1 aromatic rings. The van der Waals surface area contributed by atoms with Crippen LogP contribution in [-0.4, -0.2) is 24.0 Å². The highest BCUT2D eigenvalue weighted by Crippen LogP contribution is 2.34. The van der Waals surface area contributed by atoms with Gasteiger partial charge in [-0.2, -0.15) is 5.11 Å². The van der Waals surface area contributed by atoms with E-state index in [-0.39, 0.29) is 23.7 Å². The van der Waals surface area contributed by atoms with Crippen LogP contribution in [-0.2, 0) is 11.2 Å². The van der Waals surface area contributed by atoms with Crippen molar-refractivity contribution < 1.29 is 14.0 Å². The third kappa shape index (κ3) is 4.15. The van der Waals surface area contributed by atoms with Gasteiger partial charge in [0.05, 0.1) is 11.7 Å². The number of urea groups is 1. The Balaban J connectivity index is 1.77. The second-order valence-corrected chi connectivity index (χ2v) is 7.02. The third-order valence-corrected chi connectivity index (χ3v) is 4.59. The van der Waals surface area contributed by atoms with Gasteiger partial charge in [0.25, 0.3) is 5.91 Å². The summed E-state index contributed by atoms with van der Waals surface area (Å²) in [6.07, 6.45) is 4.19. The summed E-state index contributed by atoms with van der Waals surface area (Å²) in [4.78, 5) is 23.7. The Kier molecular flexibility index (Phi) is 5.44. The number of amides is 3. The zero-order chi connectivity index (χ0) is 18.7. The van der Waals surface area contributed by atoms with Gasteiger partial charge in [0.2, 0.25) is 0 Å². The lowest BCUT2D eigenvalue weighted by Gasteiger charge is -2.26. The van der Waals surface area contributed by atoms with Crippen molar-refractivity contribution in [1.82, 2.24) is 5.32 Å². The average Bonchev–Trinajstić information content (AvgIpc) is 2.60. The van der Waals surface area contributed by atoms with Crippen LogP contribution >= 0.6 is 0 Å². The number of rotatable bonds is 4. The van der Waals surface area contributed by atoms with Gasteiger partial charge in [0, 0.05) is 18.0 Å². The molecule has 1 aliphatic carbocycles. The molecule has 2 aliphatic rings. The standard InChI is InChI=1S/C19H23FN4O2/c1-11(2)21-19(26)22-17-10-12(7-8-15(17)20)9-16-13-5-3-4-6-14(13)18(25)24-23-16/h7-8,10-11,16H,3-6,9H2,1-2H3,(H2,21,22,26). The summed E-state index contributed by atoms with van der Waals surface area (Å²) >= 11 is 0. The molecule has 1 aliphatic heterocycles. The Labute approximate surface area is 152 Å². The highest BCUT2D eigenvalue weighted by atomic mass is 19.1. The average molecular weight is 358 g/mol. The molecule has 26 heavy (non-hydrogen) atoms. The van der Waals surface area contributed by atoms with Gasteiger partial charge in [-0.15, -0.1) is 5.11 Å². The highest BCUT2D eigenvalue weighted by molar-refractivity contribution is 5.95. The first-order chi connectivity index (χ1) is 12.4. The van der Waals surface area contributed by atoms with E-state index >= 15 is 0 Å². The van der Waals surface area contributed by atoms with Crippen LogP contribution < -0.4 is 10.6 Å². The van der Waals surface area contributed by atoms with Crippen LogP contribution in [0, 0.1) is 5.82 Å². The summed E-state index contributed by atoms with van der Waals surface area (Å²) in [5.74, 6) is -0.714. The van der Waals surface area contributed by atoms with Gasteiger partial charge in [0.15, 0.2) is 0 Å². The summed E-state index contributed by atoms with van der Waals surface area (Å²) < 4.78 is 14.0. The summed E-state index contributed by atoms with van der Waals surface area (Å²) in [6.45, 7) is 3.66. The molecule has 1 heterocycles. The van der Waals surface area contributed by atoms with E-state index in [1.807, 2.05) is 13.8 Å². The molecular formula is C19H23FN4O2. The Bertz CT molecular complexity index is 786. The first kappa shape index (κ1) is 18.2. The fraction of sp³-hybridized carbons (Fsp3) is 0.474. The fourth-order valence-electron chi connectivity index (χ4n) is 3.40. The Morgan fingerprint density at radius 1 is 1.31 bits per heavy atom. The van der Waals surface area contributed by atoms with E-state index in [1.165, 1.54) is 6.07 Å². The zero-order valence-electron chi connectivity index (χ0n) is 15.0. The van der Waals surface area contributed by atoms with Gasteiger partial charge in [-0.25, -0.2) is 9.18 Å². The van der Waals surface area contributed by atoms with Gasteiger partial charge in [-0.05, 0) is 62.8 Å². The van der Waals surface area contributed by atoms with Crippen molar-refractivity contribution in [2.45, 2.75) is 58.0 Å². The van der Waals surface area contributed by atoms with E-state index in [4.69, 9.17) is 0 Å². The molecule has 3 amide bonds. The molecule has 0 bridgehead atoms. The van der Waals surface area contributed by atoms with Crippen LogP contribution in [0.1, 0.15) is 45.1 Å². The smallest absolute Gasteiger partial charge is 0.319 e. The molecule has 0 saturated carbocycles. The third-order valence-electron chi connectivity index (χ3n) is 4.59. The lowest BCUT2D eigenvalue weighted by atomic mass is 9.84. The number of anilines is 1. The molecule has 3 rings (SSSR count). The Hall–Kier alpha value is -2.57. The van der Waals surface area contributed by atoms with Crippen LogP contribution in [0.3, 0.4) is 0 Å². The molecule has 6 nitrogen and oxygen atoms in total. The van der Waals surface area contributed by atoms with E-state index in [0.29, 0.717) is 6.42 Å². The molecule has 0 fully saturated rings. The van der Waals surface area contributed by atoms with Crippen molar-refractivity contribution in [3.05, 3.63) is 40.7 Å². The summed E-state index contributed by atoms with van der Waals surface area (Å²) in [6, 6.07) is 3.95. The topological polar surface area (TPSA) is 82.9 Å². The first-order valence-electron chi connectivity index (χ1n) is 8.97. The van der Waals surface area contributed by atoms with Crippen molar-refractivity contribution >= 4 is 17.6 Å². The van der Waals surface area contributed by atoms with Gasteiger partial charge in [-0.1, -0.05) is 6.07 Å². The largest absolute Gasteiger partial charge is 0.336 e. The molecule has 0 aromatic heterocycles. The van der Waals surface area contributed by atoms with Gasteiger partial charge in [-0.3, -0.25) is 4.79 Å². The number of nitrogens with one attached hydrogen (secondary N) is 2. The van der Waals surface area contributed by atoms with Crippen molar-refractivity contribution in [3.8, 4) is 0 Å². The quantitative estimate of drug-likeness (QED) is 0.848. The monoisotopic (exact) mass is 358 g/mol. The van der Waals surface area contributed by atoms with E-state index in [0.717, 1.165) is 42.4 Å². The highest BCUT2D eigenvalue weighted by Gasteiger charge is 2.29. The molecule has 0 radical (unpaired) electrons. The number of hydrogen-bond acceptors (Lipinski definition) is 3. The summed E-state index contributed by atoms with van der Waals surface area (Å²) in [5.41, 5.74) is 2.82. The molecule has 138 valence electrons. The molecular weight excluding hydrogens is 335 g/mol. The van der Waals surface area contributed by atoms with Crippen LogP contribution in [0.4, 0.5) is 14.9 Å². The van der Waals surface area contributed by atoms with Gasteiger partial charge in [0.1, 0.15) is 5.82 Å². The number of hydrogen-bond donors (Lipinski definition) is 2. The number of carbonyl (C=O) groups excluding carboxylic acids is 2. The molecule has 1 atom stereocenters. The number of carbonyl (C=O) groups is 2. The Morgan fingerprint density at radius 3 is 2.85 bits per heavy atom. The van der Waals surface area contributed by atoms with Crippen molar-refractivity contribution in [3.63, 3.8) is 0 Å². The number of benzene rings is 1. The minimum atomic E-state index is -0.495. The SMILES string of the molecule is CC(C)NC(=O)Nc1cc(CC2N=NC(=O)C3=C2CCCC3)ccc1F. The second kappa shape index (κ2) is 7.76. The Morgan fingerprint density at radius 2 is 2.08 bits per heavy atom. The second-order valence-electron chi connectivity index (χ2n) is 7.02. The van der Waals surface area contributed by atoms with Crippen LogP contribution in [0.15, 0.2) is 39.6 Å². The molecule has 0 spiro atoms. The molecule has 1 unspecified atom stereocenters. The normalized spacial score (nSPS) is 19.5. The fourth-order valence-corrected chi connectivity index (χ4v) is 3.40. The molecule has 7 heteroatoms.